The van der Waals surface area contributed by atoms with E-state index in [1.54, 1.807) is 36.8 Å². The monoisotopic (exact) mass is 632 g/mol. The first-order valence-corrected chi connectivity index (χ1v) is 13.8. The van der Waals surface area contributed by atoms with Gasteiger partial charge in [-0.15, -0.1) is 0 Å². The third-order valence-corrected chi connectivity index (χ3v) is 6.52. The summed E-state index contributed by atoms with van der Waals surface area (Å²) in [4.78, 5) is 15.0. The number of aromatic nitrogens is 2. The predicted molar refractivity (Wildman–Crippen MR) is 148 cm³/mol. The van der Waals surface area contributed by atoms with Gasteiger partial charge in [0, 0.05) is 38.0 Å². The second-order valence-corrected chi connectivity index (χ2v) is 10.5. The molecular formula is C25H20Cl4N2O7S. The Hall–Kier alpha value is -2.83. The number of nitrogens with zero attached hydrogens (tertiary/aromatic N) is 2. The average Bonchev–Trinajstić information content (AvgIpc) is 3.36. The maximum atomic E-state index is 11.0. The van der Waals surface area contributed by atoms with Crippen LogP contribution in [0.1, 0.15) is 27.6 Å². The van der Waals surface area contributed by atoms with Crippen LogP contribution in [0.25, 0.3) is 0 Å². The molecule has 0 bridgehead atoms. The molecule has 0 radical (unpaired) electrons. The molecular weight excluding hydrogens is 614 g/mol. The number of hydrogen-bond acceptors (Lipinski definition) is 7. The minimum Gasteiger partial charge on any atom is -0.507 e. The highest BCUT2D eigenvalue weighted by molar-refractivity contribution is 7.81. The maximum absolute atomic E-state index is 11.0. The first kappa shape index (κ1) is 30.7. The normalized spacial score (nSPS) is 11.8. The van der Waals surface area contributed by atoms with Crippen LogP contribution in [0.3, 0.4) is 0 Å². The Balaban J connectivity index is 0.000000255. The molecule has 0 fully saturated rings. The van der Waals surface area contributed by atoms with Crippen LogP contribution in [0, 0.1) is 0 Å². The molecule has 2 N–H and O–H groups in total. The second-order valence-electron chi connectivity index (χ2n) is 7.78. The Morgan fingerprint density at radius 1 is 0.974 bits per heavy atom. The molecule has 9 nitrogen and oxygen atoms in total. The van der Waals surface area contributed by atoms with E-state index in [2.05, 4.69) is 9.17 Å². The van der Waals surface area contributed by atoms with Crippen molar-refractivity contribution in [1.82, 2.24) is 9.55 Å². The van der Waals surface area contributed by atoms with Crippen molar-refractivity contribution >= 4 is 62.8 Å². The molecule has 1 atom stereocenters. The van der Waals surface area contributed by atoms with Gasteiger partial charge in [0.25, 0.3) is 0 Å². The molecule has 1 heterocycles. The van der Waals surface area contributed by atoms with E-state index in [4.69, 9.17) is 60.8 Å². The van der Waals surface area contributed by atoms with Crippen molar-refractivity contribution in [2.24, 2.45) is 0 Å². The van der Waals surface area contributed by atoms with Gasteiger partial charge in [0.15, 0.2) is 0 Å². The van der Waals surface area contributed by atoms with Crippen molar-refractivity contribution in [1.29, 1.82) is 0 Å². The fraction of sp³-hybridized carbons (Fsp3) is 0.120. The Morgan fingerprint density at radius 2 is 1.64 bits per heavy atom. The number of halogens is 4. The van der Waals surface area contributed by atoms with Gasteiger partial charge < -0.3 is 18.6 Å². The Morgan fingerprint density at radius 3 is 2.23 bits per heavy atom. The van der Waals surface area contributed by atoms with Crippen LogP contribution in [0.2, 0.25) is 20.1 Å². The van der Waals surface area contributed by atoms with Crippen LogP contribution in [0.4, 0.5) is 0 Å². The first-order valence-electron chi connectivity index (χ1n) is 10.9. The predicted octanol–water partition coefficient (Wildman–Crippen LogP) is 6.81. The molecule has 1 aromatic heterocycles. The topological polar surface area (TPSA) is 128 Å². The van der Waals surface area contributed by atoms with Crippen LogP contribution in [-0.2, 0) is 32.5 Å². The average molecular weight is 634 g/mol. The molecule has 14 heteroatoms. The SMILES string of the molecule is Clc1ccc(CO[C@@H](Cn2ccnc2)c2ccc(Cl)cc2Cl)c(Cl)c1.O=C(OS(=O)(=O)O)c1ccccc1O. The number of ether oxygens (including phenoxy) is 1. The van der Waals surface area contributed by atoms with Crippen LogP contribution in [0.15, 0.2) is 79.4 Å². The van der Waals surface area contributed by atoms with Crippen LogP contribution < -0.4 is 0 Å². The summed E-state index contributed by atoms with van der Waals surface area (Å²) in [7, 11) is -4.85. The number of benzene rings is 3. The number of phenolic OH excluding ortho intramolecular Hbond substituents is 1. The summed E-state index contributed by atoms with van der Waals surface area (Å²) in [6.07, 6.45) is 5.03. The van der Waals surface area contributed by atoms with Gasteiger partial charge in [0.05, 0.1) is 19.5 Å². The fourth-order valence-corrected chi connectivity index (χ4v) is 4.48. The van der Waals surface area contributed by atoms with Crippen molar-refractivity contribution in [2.75, 3.05) is 0 Å². The lowest BCUT2D eigenvalue weighted by Gasteiger charge is -2.21. The summed E-state index contributed by atoms with van der Waals surface area (Å²) in [6.45, 7) is 0.890. The third kappa shape index (κ3) is 9.70. The van der Waals surface area contributed by atoms with Crippen molar-refractivity contribution in [2.45, 2.75) is 19.3 Å². The zero-order valence-electron chi connectivity index (χ0n) is 19.7. The van der Waals surface area contributed by atoms with Gasteiger partial charge in [-0.1, -0.05) is 70.7 Å². The molecule has 0 aliphatic rings. The largest absolute Gasteiger partial charge is 0.507 e. The number of imidazole rings is 1. The van der Waals surface area contributed by atoms with Gasteiger partial charge in [-0.25, -0.2) is 9.78 Å². The number of carbonyl (C=O) groups is 1. The zero-order chi connectivity index (χ0) is 28.6. The molecule has 3 aromatic carbocycles. The Labute approximate surface area is 244 Å². The standard InChI is InChI=1S/C18H14Cl4N2O.C7H6O6S/c19-13-2-1-12(16(21)7-13)10-25-18(9-24-6-5-23-11-24)15-4-3-14(20)8-17(15)22;8-6-4-2-1-3-5(6)7(9)13-14(10,11)12/h1-8,11,18H,9-10H2;1-4,8H,(H,10,11,12)/t18-;/m0./s1. The van der Waals surface area contributed by atoms with E-state index in [0.717, 1.165) is 17.2 Å². The highest BCUT2D eigenvalue weighted by Crippen LogP contribution is 2.31. The van der Waals surface area contributed by atoms with Gasteiger partial charge in [0.1, 0.15) is 17.4 Å². The summed E-state index contributed by atoms with van der Waals surface area (Å²) in [5.74, 6) is -1.77. The molecule has 0 spiro atoms. The van der Waals surface area contributed by atoms with Crippen LogP contribution in [-0.4, -0.2) is 33.6 Å². The fourth-order valence-electron chi connectivity index (χ4n) is 3.21. The quantitative estimate of drug-likeness (QED) is 0.203. The highest BCUT2D eigenvalue weighted by atomic mass is 35.5. The minimum atomic E-state index is -4.85. The number of aromatic hydroxyl groups is 1. The van der Waals surface area contributed by atoms with Gasteiger partial charge >= 0.3 is 16.4 Å². The minimum absolute atomic E-state index is 0.286. The third-order valence-electron chi connectivity index (χ3n) is 5.01. The molecule has 206 valence electrons. The van der Waals surface area contributed by atoms with E-state index in [0.29, 0.717) is 33.2 Å². The van der Waals surface area contributed by atoms with Gasteiger partial charge in [-0.3, -0.25) is 4.55 Å². The van der Waals surface area contributed by atoms with E-state index in [1.165, 1.54) is 18.2 Å². The van der Waals surface area contributed by atoms with Crippen molar-refractivity contribution in [3.05, 3.63) is 116 Å². The highest BCUT2D eigenvalue weighted by Gasteiger charge is 2.19. The van der Waals surface area contributed by atoms with E-state index in [-0.39, 0.29) is 11.7 Å². The molecule has 0 unspecified atom stereocenters. The number of para-hydroxylation sites is 1. The Bertz CT molecular complexity index is 1530. The molecule has 4 rings (SSSR count). The second kappa shape index (κ2) is 14.0. The van der Waals surface area contributed by atoms with E-state index < -0.39 is 22.1 Å². The van der Waals surface area contributed by atoms with Crippen LogP contribution in [0.5, 0.6) is 5.75 Å². The number of rotatable bonds is 8. The van der Waals surface area contributed by atoms with Gasteiger partial charge in [-0.2, -0.15) is 8.42 Å². The van der Waals surface area contributed by atoms with E-state index >= 15 is 0 Å². The Kier molecular flexibility index (Phi) is 11.0. The van der Waals surface area contributed by atoms with E-state index in [1.807, 2.05) is 22.9 Å². The van der Waals surface area contributed by atoms with Crippen LogP contribution >= 0.6 is 46.4 Å². The van der Waals surface area contributed by atoms with Gasteiger partial charge in [0.2, 0.25) is 0 Å². The molecule has 0 aliphatic heterocycles. The van der Waals surface area contributed by atoms with Crippen molar-refractivity contribution < 1.29 is 31.8 Å². The molecule has 4 aromatic rings. The smallest absolute Gasteiger partial charge is 0.449 e. The first-order chi connectivity index (χ1) is 18.4. The maximum Gasteiger partial charge on any atom is 0.449 e. The zero-order valence-corrected chi connectivity index (χ0v) is 23.6. The molecule has 0 aliphatic carbocycles. The summed E-state index contributed by atoms with van der Waals surface area (Å²) < 4.78 is 40.2. The molecule has 0 saturated heterocycles. The van der Waals surface area contributed by atoms with Gasteiger partial charge in [-0.05, 0) is 42.0 Å². The summed E-state index contributed by atoms with van der Waals surface area (Å²) >= 11 is 24.5. The summed E-state index contributed by atoms with van der Waals surface area (Å²) in [5.41, 5.74) is 1.36. The lowest BCUT2D eigenvalue weighted by Crippen LogP contribution is -2.12. The van der Waals surface area contributed by atoms with E-state index in [9.17, 15) is 13.2 Å². The lowest BCUT2D eigenvalue weighted by molar-refractivity contribution is 0.0281. The van der Waals surface area contributed by atoms with Crippen molar-refractivity contribution in [3.63, 3.8) is 0 Å². The number of hydrogen-bond donors (Lipinski definition) is 2. The lowest BCUT2D eigenvalue weighted by atomic mass is 10.1. The summed E-state index contributed by atoms with van der Waals surface area (Å²) in [6, 6.07) is 15.9. The number of carbonyl (C=O) groups excluding carboxylic acids is 1. The van der Waals surface area contributed by atoms with Crippen molar-refractivity contribution in [3.8, 4) is 5.75 Å². The number of phenols is 1. The molecule has 0 saturated carbocycles. The summed E-state index contributed by atoms with van der Waals surface area (Å²) in [5, 5.41) is 11.4. The molecule has 39 heavy (non-hydrogen) atoms. The molecule has 0 amide bonds.